The molecule has 10 heteroatoms. The summed E-state index contributed by atoms with van der Waals surface area (Å²) in [5.41, 5.74) is 2.03. The van der Waals surface area contributed by atoms with Gasteiger partial charge in [0.2, 0.25) is 5.91 Å². The lowest BCUT2D eigenvalue weighted by molar-refractivity contribution is -0.126. The van der Waals surface area contributed by atoms with Crippen LogP contribution in [0, 0.1) is 5.92 Å². The second-order valence-electron chi connectivity index (χ2n) is 8.12. The summed E-state index contributed by atoms with van der Waals surface area (Å²) in [6.07, 6.45) is 1.91. The van der Waals surface area contributed by atoms with Crippen molar-refractivity contribution in [3.05, 3.63) is 46.2 Å². The second kappa shape index (κ2) is 10.4. The van der Waals surface area contributed by atoms with Gasteiger partial charge in [-0.3, -0.25) is 9.59 Å². The number of nitrogens with one attached hydrogen (secondary N) is 1. The number of aromatic nitrogens is 3. The van der Waals surface area contributed by atoms with E-state index in [9.17, 15) is 9.59 Å². The summed E-state index contributed by atoms with van der Waals surface area (Å²) >= 11 is 5.97. The van der Waals surface area contributed by atoms with Gasteiger partial charge in [-0.1, -0.05) is 28.9 Å². The minimum atomic E-state index is -0.164. The van der Waals surface area contributed by atoms with Gasteiger partial charge in [0.05, 0.1) is 18.8 Å². The van der Waals surface area contributed by atoms with Gasteiger partial charge in [-0.05, 0) is 37.0 Å². The zero-order valence-corrected chi connectivity index (χ0v) is 18.9. The fraction of sp³-hybridized carbons (Fsp3) is 0.545. The molecule has 172 valence electrons. The molecule has 0 radical (unpaired) electrons. The number of piperidine rings is 1. The summed E-state index contributed by atoms with van der Waals surface area (Å²) in [4.78, 5) is 27.1. The summed E-state index contributed by atoms with van der Waals surface area (Å²) < 4.78 is 12.7. The molecule has 4 rings (SSSR count). The van der Waals surface area contributed by atoms with Crippen LogP contribution in [0.1, 0.15) is 47.1 Å². The van der Waals surface area contributed by atoms with Crippen molar-refractivity contribution in [2.45, 2.75) is 38.5 Å². The fourth-order valence-corrected chi connectivity index (χ4v) is 4.25. The first kappa shape index (κ1) is 22.7. The van der Waals surface area contributed by atoms with Crippen molar-refractivity contribution < 1.29 is 19.1 Å². The molecule has 1 N–H and O–H groups in total. The molecule has 1 unspecified atom stereocenters. The number of ether oxygens (including phenoxy) is 2. The van der Waals surface area contributed by atoms with Crippen molar-refractivity contribution in [3.8, 4) is 0 Å². The van der Waals surface area contributed by atoms with Crippen LogP contribution in [0.15, 0.2) is 24.3 Å². The van der Waals surface area contributed by atoms with E-state index in [1.165, 1.54) is 0 Å². The molecule has 1 aromatic heterocycles. The van der Waals surface area contributed by atoms with E-state index in [-0.39, 0.29) is 30.4 Å². The maximum absolute atomic E-state index is 13.1. The van der Waals surface area contributed by atoms with E-state index in [1.807, 2.05) is 24.3 Å². The van der Waals surface area contributed by atoms with Crippen molar-refractivity contribution in [1.82, 2.24) is 25.2 Å². The van der Waals surface area contributed by atoms with Crippen molar-refractivity contribution in [1.29, 1.82) is 0 Å². The number of hydrogen-bond acceptors (Lipinski definition) is 6. The molecule has 1 aromatic carbocycles. The lowest BCUT2D eigenvalue weighted by atomic mass is 9.95. The molecule has 3 heterocycles. The molecule has 1 atom stereocenters. The first-order valence-corrected chi connectivity index (χ1v) is 11.3. The van der Waals surface area contributed by atoms with E-state index in [0.717, 1.165) is 12.0 Å². The predicted molar refractivity (Wildman–Crippen MR) is 117 cm³/mol. The van der Waals surface area contributed by atoms with Crippen molar-refractivity contribution in [2.24, 2.45) is 5.92 Å². The zero-order chi connectivity index (χ0) is 22.5. The number of amides is 2. The van der Waals surface area contributed by atoms with Crippen LogP contribution in [-0.2, 0) is 27.4 Å². The minimum absolute atomic E-state index is 0.0517. The monoisotopic (exact) mass is 461 g/mol. The standard InChI is InChI=1S/C22H28ClN5O4/c1-31-12-2-9-24-21(29)16-7-10-27(11-8-16)22(30)20-18-14-32-19(13-28(18)26-25-20)15-3-5-17(23)6-4-15/h3-6,16,19H,2,7-14H2,1H3,(H,24,29). The third kappa shape index (κ3) is 5.11. The molecule has 1 saturated heterocycles. The number of carbonyl (C=O) groups excluding carboxylic acids is 2. The molecule has 0 bridgehead atoms. The summed E-state index contributed by atoms with van der Waals surface area (Å²) in [6.45, 7) is 3.03. The molecule has 0 aliphatic carbocycles. The van der Waals surface area contributed by atoms with Gasteiger partial charge in [-0.25, -0.2) is 4.68 Å². The van der Waals surface area contributed by atoms with Crippen LogP contribution in [0.2, 0.25) is 5.02 Å². The number of methoxy groups -OCH3 is 1. The maximum Gasteiger partial charge on any atom is 0.276 e. The van der Waals surface area contributed by atoms with Gasteiger partial charge >= 0.3 is 0 Å². The first-order valence-electron chi connectivity index (χ1n) is 10.9. The second-order valence-corrected chi connectivity index (χ2v) is 8.56. The van der Waals surface area contributed by atoms with Crippen molar-refractivity contribution >= 4 is 23.4 Å². The van der Waals surface area contributed by atoms with E-state index in [4.69, 9.17) is 21.1 Å². The maximum atomic E-state index is 13.1. The molecule has 9 nitrogen and oxygen atoms in total. The van der Waals surface area contributed by atoms with Crippen LogP contribution in [0.3, 0.4) is 0 Å². The number of likely N-dealkylation sites (tertiary alicyclic amines) is 1. The highest BCUT2D eigenvalue weighted by atomic mass is 35.5. The van der Waals surface area contributed by atoms with Crippen molar-refractivity contribution in [2.75, 3.05) is 33.4 Å². The summed E-state index contributed by atoms with van der Waals surface area (Å²) in [5, 5.41) is 12.0. The molecule has 2 amide bonds. The van der Waals surface area contributed by atoms with Crippen LogP contribution in [0.25, 0.3) is 0 Å². The summed E-state index contributed by atoms with van der Waals surface area (Å²) in [6, 6.07) is 7.52. The van der Waals surface area contributed by atoms with Crippen LogP contribution in [-0.4, -0.2) is 65.1 Å². The number of hydrogen-bond donors (Lipinski definition) is 1. The Morgan fingerprint density at radius 1 is 1.25 bits per heavy atom. The Morgan fingerprint density at radius 3 is 2.72 bits per heavy atom. The highest BCUT2D eigenvalue weighted by Gasteiger charge is 2.33. The number of carbonyl (C=O) groups is 2. The lowest BCUT2D eigenvalue weighted by Crippen LogP contribution is -2.43. The summed E-state index contributed by atoms with van der Waals surface area (Å²) in [5.74, 6) is -0.172. The molecule has 0 saturated carbocycles. The Kier molecular flexibility index (Phi) is 7.39. The Labute approximate surface area is 192 Å². The lowest BCUT2D eigenvalue weighted by Gasteiger charge is -2.31. The average Bonchev–Trinajstić information content (AvgIpc) is 3.25. The number of halogens is 1. The van der Waals surface area contributed by atoms with E-state index >= 15 is 0 Å². The van der Waals surface area contributed by atoms with E-state index in [1.54, 1.807) is 16.7 Å². The summed E-state index contributed by atoms with van der Waals surface area (Å²) in [7, 11) is 1.64. The van der Waals surface area contributed by atoms with E-state index < -0.39 is 0 Å². The van der Waals surface area contributed by atoms with Gasteiger partial charge in [-0.15, -0.1) is 5.10 Å². The van der Waals surface area contributed by atoms with Gasteiger partial charge < -0.3 is 19.7 Å². The smallest absolute Gasteiger partial charge is 0.276 e. The molecule has 0 spiro atoms. The van der Waals surface area contributed by atoms with Crippen molar-refractivity contribution in [3.63, 3.8) is 0 Å². The van der Waals surface area contributed by atoms with Crippen LogP contribution in [0.4, 0.5) is 0 Å². The number of rotatable bonds is 7. The molecule has 2 aliphatic rings. The third-order valence-electron chi connectivity index (χ3n) is 6.02. The average molecular weight is 462 g/mol. The number of benzene rings is 1. The van der Waals surface area contributed by atoms with E-state index in [2.05, 4.69) is 15.6 Å². The van der Waals surface area contributed by atoms with Crippen LogP contribution in [0.5, 0.6) is 0 Å². The molecule has 2 aliphatic heterocycles. The third-order valence-corrected chi connectivity index (χ3v) is 6.27. The molecule has 1 fully saturated rings. The van der Waals surface area contributed by atoms with Gasteiger partial charge in [0.1, 0.15) is 6.10 Å². The Balaban J connectivity index is 1.32. The molecular formula is C22H28ClN5O4. The highest BCUT2D eigenvalue weighted by molar-refractivity contribution is 6.30. The number of fused-ring (bicyclic) bond motifs is 1. The molecule has 2 aromatic rings. The highest BCUT2D eigenvalue weighted by Crippen LogP contribution is 2.28. The van der Waals surface area contributed by atoms with Crippen LogP contribution < -0.4 is 5.32 Å². The van der Waals surface area contributed by atoms with Gasteiger partial charge in [0, 0.05) is 44.3 Å². The Bertz CT molecular complexity index is 940. The molecular weight excluding hydrogens is 434 g/mol. The fourth-order valence-electron chi connectivity index (χ4n) is 4.12. The largest absolute Gasteiger partial charge is 0.385 e. The quantitative estimate of drug-likeness (QED) is 0.635. The Hall–Kier alpha value is -2.49. The first-order chi connectivity index (χ1) is 15.6. The zero-order valence-electron chi connectivity index (χ0n) is 18.1. The minimum Gasteiger partial charge on any atom is -0.385 e. The van der Waals surface area contributed by atoms with Gasteiger partial charge in [-0.2, -0.15) is 0 Å². The SMILES string of the molecule is COCCCNC(=O)C1CCN(C(=O)c2nnn3c2COC(c2ccc(Cl)cc2)C3)CC1. The van der Waals surface area contributed by atoms with E-state index in [0.29, 0.717) is 62.0 Å². The normalized spacial score (nSPS) is 18.9. The van der Waals surface area contributed by atoms with Gasteiger partial charge in [0.15, 0.2) is 5.69 Å². The topological polar surface area (TPSA) is 98.6 Å². The van der Waals surface area contributed by atoms with Crippen LogP contribution >= 0.6 is 11.6 Å². The molecule has 32 heavy (non-hydrogen) atoms. The number of nitrogens with zero attached hydrogens (tertiary/aromatic N) is 4. The van der Waals surface area contributed by atoms with Gasteiger partial charge in [0.25, 0.3) is 5.91 Å². The Morgan fingerprint density at radius 2 is 2.00 bits per heavy atom. The predicted octanol–water partition coefficient (Wildman–Crippen LogP) is 2.21.